The Kier molecular flexibility index (Phi) is 6.08. The van der Waals surface area contributed by atoms with Crippen molar-refractivity contribution < 1.29 is 14.7 Å². The molecule has 1 aliphatic carbocycles. The number of carbonyl (C=O) groups excluding carboxylic acids is 1. The van der Waals surface area contributed by atoms with Gasteiger partial charge < -0.3 is 20.6 Å². The first-order valence-corrected chi connectivity index (χ1v) is 6.90. The van der Waals surface area contributed by atoms with E-state index < -0.39 is 11.5 Å². The second kappa shape index (κ2) is 7.33. The van der Waals surface area contributed by atoms with Crippen LogP contribution in [0.1, 0.15) is 38.5 Å². The van der Waals surface area contributed by atoms with Crippen molar-refractivity contribution in [2.24, 2.45) is 0 Å². The van der Waals surface area contributed by atoms with Crippen molar-refractivity contribution in [3.63, 3.8) is 0 Å². The quantitative estimate of drug-likeness (QED) is 0.604. The molecule has 6 nitrogen and oxygen atoms in total. The van der Waals surface area contributed by atoms with Gasteiger partial charge in [0, 0.05) is 6.54 Å². The van der Waals surface area contributed by atoms with Crippen molar-refractivity contribution in [3.05, 3.63) is 0 Å². The highest BCUT2D eigenvalue weighted by Crippen LogP contribution is 2.29. The first-order valence-electron chi connectivity index (χ1n) is 6.90. The molecule has 0 aromatic carbocycles. The third-order valence-corrected chi connectivity index (χ3v) is 3.54. The first kappa shape index (κ1) is 15.8. The van der Waals surface area contributed by atoms with Crippen LogP contribution in [0, 0.1) is 0 Å². The summed E-state index contributed by atoms with van der Waals surface area (Å²) in [5.41, 5.74) is -1.05. The van der Waals surface area contributed by atoms with E-state index in [2.05, 4.69) is 15.5 Å². The number of amides is 2. The summed E-state index contributed by atoms with van der Waals surface area (Å²) in [7, 11) is 4.02. The molecule has 6 heteroatoms. The van der Waals surface area contributed by atoms with E-state index in [4.69, 9.17) is 0 Å². The summed E-state index contributed by atoms with van der Waals surface area (Å²) in [6.07, 6.45) is 4.67. The minimum atomic E-state index is -1.05. The first-order chi connectivity index (χ1) is 8.96. The smallest absolute Gasteiger partial charge is 0.329 e. The SMILES string of the molecule is CN(C)CCCCNC(=O)NC1(C(=O)O)CCCC1. The van der Waals surface area contributed by atoms with Crippen LogP contribution in [0.4, 0.5) is 4.79 Å². The minimum absolute atomic E-state index is 0.367. The van der Waals surface area contributed by atoms with E-state index in [1.807, 2.05) is 14.1 Å². The Hall–Kier alpha value is -1.30. The van der Waals surface area contributed by atoms with Gasteiger partial charge in [0.05, 0.1) is 0 Å². The largest absolute Gasteiger partial charge is 0.480 e. The fourth-order valence-electron chi connectivity index (χ4n) is 2.39. The maximum absolute atomic E-state index is 11.7. The van der Waals surface area contributed by atoms with Gasteiger partial charge in [0.15, 0.2) is 0 Å². The predicted molar refractivity (Wildman–Crippen MR) is 73.2 cm³/mol. The molecule has 1 aliphatic rings. The summed E-state index contributed by atoms with van der Waals surface area (Å²) in [5, 5.41) is 14.6. The Morgan fingerprint density at radius 2 is 1.84 bits per heavy atom. The summed E-state index contributed by atoms with van der Waals surface area (Å²) >= 11 is 0. The number of nitrogens with zero attached hydrogens (tertiary/aromatic N) is 1. The molecule has 0 saturated heterocycles. The van der Waals surface area contributed by atoms with Gasteiger partial charge in [-0.1, -0.05) is 12.8 Å². The van der Waals surface area contributed by atoms with Crippen LogP contribution in [0.3, 0.4) is 0 Å². The van der Waals surface area contributed by atoms with E-state index in [9.17, 15) is 14.7 Å². The van der Waals surface area contributed by atoms with Crippen molar-refractivity contribution in [2.45, 2.75) is 44.1 Å². The van der Waals surface area contributed by atoms with Gasteiger partial charge in [-0.15, -0.1) is 0 Å². The van der Waals surface area contributed by atoms with Gasteiger partial charge in [0.25, 0.3) is 0 Å². The molecule has 0 aromatic heterocycles. The number of aliphatic carboxylic acids is 1. The molecule has 2 amide bonds. The van der Waals surface area contributed by atoms with Gasteiger partial charge in [-0.2, -0.15) is 0 Å². The fraction of sp³-hybridized carbons (Fsp3) is 0.846. The third kappa shape index (κ3) is 5.06. The molecule has 0 aliphatic heterocycles. The third-order valence-electron chi connectivity index (χ3n) is 3.54. The van der Waals surface area contributed by atoms with Gasteiger partial charge >= 0.3 is 12.0 Å². The van der Waals surface area contributed by atoms with Crippen LogP contribution in [0.15, 0.2) is 0 Å². The van der Waals surface area contributed by atoms with E-state index in [1.54, 1.807) is 0 Å². The predicted octanol–water partition coefficient (Wildman–Crippen LogP) is 1.02. The fourth-order valence-corrected chi connectivity index (χ4v) is 2.39. The molecule has 0 heterocycles. The lowest BCUT2D eigenvalue weighted by Gasteiger charge is -2.25. The number of carboxylic acids is 1. The van der Waals surface area contributed by atoms with E-state index in [1.165, 1.54) is 0 Å². The van der Waals surface area contributed by atoms with Gasteiger partial charge in [0.2, 0.25) is 0 Å². The van der Waals surface area contributed by atoms with E-state index in [0.717, 1.165) is 32.2 Å². The molecule has 0 bridgehead atoms. The molecular weight excluding hydrogens is 246 g/mol. The number of carbonyl (C=O) groups is 2. The Balaban J connectivity index is 2.24. The van der Waals surface area contributed by atoms with Crippen molar-refractivity contribution >= 4 is 12.0 Å². The Bertz CT molecular complexity index is 312. The number of hydrogen-bond acceptors (Lipinski definition) is 3. The second-order valence-electron chi connectivity index (χ2n) is 5.49. The molecule has 0 aromatic rings. The van der Waals surface area contributed by atoms with Crippen molar-refractivity contribution in [3.8, 4) is 0 Å². The zero-order valence-corrected chi connectivity index (χ0v) is 11.9. The summed E-state index contributed by atoms with van der Waals surface area (Å²) in [6, 6.07) is -0.367. The Labute approximate surface area is 114 Å². The van der Waals surface area contributed by atoms with Crippen LogP contribution < -0.4 is 10.6 Å². The van der Waals surface area contributed by atoms with Crippen LogP contribution in [0.5, 0.6) is 0 Å². The number of urea groups is 1. The monoisotopic (exact) mass is 271 g/mol. The molecule has 3 N–H and O–H groups in total. The molecule has 1 fully saturated rings. The van der Waals surface area contributed by atoms with Crippen molar-refractivity contribution in [1.82, 2.24) is 15.5 Å². The minimum Gasteiger partial charge on any atom is -0.480 e. The van der Waals surface area contributed by atoms with Gasteiger partial charge in [0.1, 0.15) is 5.54 Å². The van der Waals surface area contributed by atoms with Gasteiger partial charge in [-0.3, -0.25) is 0 Å². The van der Waals surface area contributed by atoms with Gasteiger partial charge in [-0.05, 0) is 46.3 Å². The summed E-state index contributed by atoms with van der Waals surface area (Å²) in [5.74, 6) is -0.923. The molecule has 0 radical (unpaired) electrons. The summed E-state index contributed by atoms with van der Waals surface area (Å²) in [4.78, 5) is 25.1. The zero-order valence-electron chi connectivity index (χ0n) is 11.9. The highest BCUT2D eigenvalue weighted by atomic mass is 16.4. The van der Waals surface area contributed by atoms with Crippen molar-refractivity contribution in [2.75, 3.05) is 27.2 Å². The number of carboxylic acid groups (broad SMARTS) is 1. The zero-order chi connectivity index (χ0) is 14.3. The molecule has 0 atom stereocenters. The van der Waals surface area contributed by atoms with E-state index >= 15 is 0 Å². The standard InChI is InChI=1S/C13H25N3O3/c1-16(2)10-6-5-9-14-12(19)15-13(11(17)18)7-3-4-8-13/h3-10H2,1-2H3,(H,17,18)(H2,14,15,19). The van der Waals surface area contributed by atoms with Crippen molar-refractivity contribution in [1.29, 1.82) is 0 Å². The normalized spacial score (nSPS) is 17.4. The molecule has 0 unspecified atom stereocenters. The number of hydrogen-bond donors (Lipinski definition) is 3. The molecular formula is C13H25N3O3. The average molecular weight is 271 g/mol. The maximum atomic E-state index is 11.7. The lowest BCUT2D eigenvalue weighted by Crippen LogP contribution is -2.55. The molecule has 110 valence electrons. The van der Waals surface area contributed by atoms with Crippen LogP contribution in [-0.4, -0.2) is 54.7 Å². The summed E-state index contributed by atoms with van der Waals surface area (Å²) < 4.78 is 0. The van der Waals surface area contributed by atoms with E-state index in [-0.39, 0.29) is 6.03 Å². The molecule has 19 heavy (non-hydrogen) atoms. The van der Waals surface area contributed by atoms with E-state index in [0.29, 0.717) is 19.4 Å². The highest BCUT2D eigenvalue weighted by Gasteiger charge is 2.42. The van der Waals surface area contributed by atoms with Gasteiger partial charge in [-0.25, -0.2) is 9.59 Å². The highest BCUT2D eigenvalue weighted by molar-refractivity contribution is 5.86. The summed E-state index contributed by atoms with van der Waals surface area (Å²) in [6.45, 7) is 1.57. The molecule has 1 saturated carbocycles. The maximum Gasteiger partial charge on any atom is 0.329 e. The molecule has 1 rings (SSSR count). The van der Waals surface area contributed by atoms with Crippen LogP contribution in [0.2, 0.25) is 0 Å². The van der Waals surface area contributed by atoms with Crippen LogP contribution in [0.25, 0.3) is 0 Å². The number of nitrogens with one attached hydrogen (secondary N) is 2. The van der Waals surface area contributed by atoms with Crippen LogP contribution in [-0.2, 0) is 4.79 Å². The second-order valence-corrected chi connectivity index (χ2v) is 5.49. The Morgan fingerprint density at radius 3 is 2.37 bits per heavy atom. The number of rotatable bonds is 7. The lowest BCUT2D eigenvalue weighted by molar-refractivity contribution is -0.144. The van der Waals surface area contributed by atoms with Crippen LogP contribution >= 0.6 is 0 Å². The topological polar surface area (TPSA) is 81.7 Å². The lowest BCUT2D eigenvalue weighted by atomic mass is 9.98. The average Bonchev–Trinajstić information content (AvgIpc) is 2.78. The molecule has 0 spiro atoms. The Morgan fingerprint density at radius 1 is 1.21 bits per heavy atom. The number of unbranched alkanes of at least 4 members (excludes halogenated alkanes) is 1.